The monoisotopic (exact) mass is 255 g/mol. The number of fused-ring (bicyclic) bond motifs is 1. The smallest absolute Gasteiger partial charge is 0.0946 e. The first kappa shape index (κ1) is 12.4. The molecule has 3 rings (SSSR count). The fourth-order valence-corrected chi connectivity index (χ4v) is 3.12. The molecule has 1 N–H and O–H groups in total. The lowest BCUT2D eigenvalue weighted by molar-refractivity contribution is 0.421. The molecule has 0 bridgehead atoms. The molecule has 3 nitrogen and oxygen atoms in total. The fourth-order valence-electron chi connectivity index (χ4n) is 3.12. The van der Waals surface area contributed by atoms with Gasteiger partial charge in [-0.2, -0.15) is 0 Å². The second-order valence-corrected chi connectivity index (χ2v) is 5.38. The van der Waals surface area contributed by atoms with Crippen LogP contribution in [-0.4, -0.2) is 16.1 Å². The quantitative estimate of drug-likeness (QED) is 0.890. The molecule has 2 aromatic rings. The van der Waals surface area contributed by atoms with E-state index in [1.807, 2.05) is 12.5 Å². The molecule has 1 aromatic carbocycles. The molecule has 1 heterocycles. The van der Waals surface area contributed by atoms with E-state index >= 15 is 0 Å². The summed E-state index contributed by atoms with van der Waals surface area (Å²) in [4.78, 5) is 4.24. The molecular formula is C16H21N3. The summed E-state index contributed by atoms with van der Waals surface area (Å²) < 4.78 is 2.12. The molecule has 2 unspecified atom stereocenters. The Labute approximate surface area is 114 Å². The standard InChI is InChI=1S/C16H21N3/c1-3-18-15(16-10-17-11-19(16)2)9-13-8-12-6-4-5-7-14(12)13/h4-7,10-11,13,15,18H,3,8-9H2,1-2H3. The number of benzene rings is 1. The number of hydrogen-bond acceptors (Lipinski definition) is 2. The molecule has 0 fully saturated rings. The summed E-state index contributed by atoms with van der Waals surface area (Å²) in [5.41, 5.74) is 4.34. The molecule has 0 saturated carbocycles. The predicted molar refractivity (Wildman–Crippen MR) is 77.1 cm³/mol. The fraction of sp³-hybridized carbons (Fsp3) is 0.438. The van der Waals surface area contributed by atoms with Gasteiger partial charge in [0.05, 0.1) is 12.0 Å². The minimum Gasteiger partial charge on any atom is -0.336 e. The van der Waals surface area contributed by atoms with Crippen LogP contribution in [0.1, 0.15) is 42.1 Å². The van der Waals surface area contributed by atoms with Crippen molar-refractivity contribution in [3.8, 4) is 0 Å². The van der Waals surface area contributed by atoms with Gasteiger partial charge in [-0.3, -0.25) is 0 Å². The highest BCUT2D eigenvalue weighted by molar-refractivity contribution is 5.40. The van der Waals surface area contributed by atoms with Crippen molar-refractivity contribution in [3.05, 3.63) is 53.6 Å². The summed E-state index contributed by atoms with van der Waals surface area (Å²) in [5.74, 6) is 0.690. The molecular weight excluding hydrogens is 234 g/mol. The molecule has 2 atom stereocenters. The van der Waals surface area contributed by atoms with Gasteiger partial charge in [-0.25, -0.2) is 4.98 Å². The number of imidazole rings is 1. The van der Waals surface area contributed by atoms with Crippen LogP contribution >= 0.6 is 0 Å². The zero-order chi connectivity index (χ0) is 13.2. The van der Waals surface area contributed by atoms with Crippen molar-refractivity contribution in [1.82, 2.24) is 14.9 Å². The van der Waals surface area contributed by atoms with Crippen LogP contribution in [0.25, 0.3) is 0 Å². The molecule has 0 saturated heterocycles. The molecule has 1 aromatic heterocycles. The lowest BCUT2D eigenvalue weighted by Crippen LogP contribution is -2.28. The van der Waals surface area contributed by atoms with Gasteiger partial charge >= 0.3 is 0 Å². The van der Waals surface area contributed by atoms with Gasteiger partial charge in [0.15, 0.2) is 0 Å². The van der Waals surface area contributed by atoms with Crippen molar-refractivity contribution in [2.45, 2.75) is 31.7 Å². The summed E-state index contributed by atoms with van der Waals surface area (Å²) in [6.07, 6.45) is 6.24. The SMILES string of the molecule is CCNC(CC1Cc2ccccc21)c1cncn1C. The summed E-state index contributed by atoms with van der Waals surface area (Å²) in [5, 5.41) is 3.59. The Balaban J connectivity index is 1.76. The Kier molecular flexibility index (Phi) is 3.38. The number of rotatable bonds is 5. The minimum atomic E-state index is 0.399. The Bertz CT molecular complexity index is 559. The van der Waals surface area contributed by atoms with Crippen molar-refractivity contribution >= 4 is 0 Å². The lowest BCUT2D eigenvalue weighted by Gasteiger charge is -2.33. The Morgan fingerprint density at radius 3 is 2.95 bits per heavy atom. The highest BCUT2D eigenvalue weighted by Gasteiger charge is 2.29. The van der Waals surface area contributed by atoms with Crippen LogP contribution in [0.5, 0.6) is 0 Å². The van der Waals surface area contributed by atoms with Crippen LogP contribution < -0.4 is 5.32 Å². The number of hydrogen-bond donors (Lipinski definition) is 1. The van der Waals surface area contributed by atoms with Crippen LogP contribution in [0.15, 0.2) is 36.8 Å². The normalized spacial score (nSPS) is 18.7. The minimum absolute atomic E-state index is 0.399. The van der Waals surface area contributed by atoms with Gasteiger partial charge in [0.2, 0.25) is 0 Å². The Morgan fingerprint density at radius 1 is 1.42 bits per heavy atom. The van der Waals surface area contributed by atoms with E-state index in [0.717, 1.165) is 13.0 Å². The van der Waals surface area contributed by atoms with E-state index in [9.17, 15) is 0 Å². The molecule has 3 heteroatoms. The van der Waals surface area contributed by atoms with Gasteiger partial charge in [-0.05, 0) is 36.4 Å². The maximum Gasteiger partial charge on any atom is 0.0946 e. The number of aryl methyl sites for hydroxylation is 1. The average molecular weight is 255 g/mol. The van der Waals surface area contributed by atoms with Gasteiger partial charge in [0, 0.05) is 19.3 Å². The lowest BCUT2D eigenvalue weighted by atomic mass is 9.74. The van der Waals surface area contributed by atoms with Crippen molar-refractivity contribution in [3.63, 3.8) is 0 Å². The van der Waals surface area contributed by atoms with Crippen LogP contribution in [0.2, 0.25) is 0 Å². The summed E-state index contributed by atoms with van der Waals surface area (Å²) in [6, 6.07) is 9.21. The first-order chi connectivity index (χ1) is 9.29. The van der Waals surface area contributed by atoms with Gasteiger partial charge in [-0.1, -0.05) is 31.2 Å². The molecule has 0 spiro atoms. The molecule has 0 aliphatic heterocycles. The van der Waals surface area contributed by atoms with Crippen LogP contribution in [0.3, 0.4) is 0 Å². The van der Waals surface area contributed by atoms with E-state index in [4.69, 9.17) is 0 Å². The first-order valence-corrected chi connectivity index (χ1v) is 7.07. The molecule has 100 valence electrons. The zero-order valence-electron chi connectivity index (χ0n) is 11.6. The third-order valence-electron chi connectivity index (χ3n) is 4.14. The third-order valence-corrected chi connectivity index (χ3v) is 4.14. The number of nitrogens with one attached hydrogen (secondary N) is 1. The largest absolute Gasteiger partial charge is 0.336 e. The Hall–Kier alpha value is -1.61. The second-order valence-electron chi connectivity index (χ2n) is 5.38. The van der Waals surface area contributed by atoms with Crippen LogP contribution in [0.4, 0.5) is 0 Å². The van der Waals surface area contributed by atoms with Gasteiger partial charge < -0.3 is 9.88 Å². The van der Waals surface area contributed by atoms with Crippen molar-refractivity contribution in [2.24, 2.45) is 7.05 Å². The summed E-state index contributed by atoms with van der Waals surface area (Å²) in [7, 11) is 2.07. The molecule has 1 aliphatic carbocycles. The Morgan fingerprint density at radius 2 is 2.26 bits per heavy atom. The van der Waals surface area contributed by atoms with Gasteiger partial charge in [0.25, 0.3) is 0 Å². The second kappa shape index (κ2) is 5.17. The number of nitrogens with zero attached hydrogens (tertiary/aromatic N) is 2. The van der Waals surface area contributed by atoms with E-state index in [-0.39, 0.29) is 0 Å². The van der Waals surface area contributed by atoms with Crippen LogP contribution in [0, 0.1) is 0 Å². The summed E-state index contributed by atoms with van der Waals surface area (Å²) in [6.45, 7) is 3.16. The van der Waals surface area contributed by atoms with Crippen molar-refractivity contribution in [1.29, 1.82) is 0 Å². The molecule has 0 amide bonds. The molecule has 0 radical (unpaired) electrons. The van der Waals surface area contributed by atoms with Crippen LogP contribution in [-0.2, 0) is 13.5 Å². The maximum atomic E-state index is 4.24. The maximum absolute atomic E-state index is 4.24. The first-order valence-electron chi connectivity index (χ1n) is 7.07. The topological polar surface area (TPSA) is 29.9 Å². The van der Waals surface area contributed by atoms with Gasteiger partial charge in [-0.15, -0.1) is 0 Å². The van der Waals surface area contributed by atoms with Crippen molar-refractivity contribution < 1.29 is 0 Å². The molecule has 19 heavy (non-hydrogen) atoms. The van der Waals surface area contributed by atoms with E-state index in [0.29, 0.717) is 12.0 Å². The third kappa shape index (κ3) is 2.30. The van der Waals surface area contributed by atoms with Crippen molar-refractivity contribution in [2.75, 3.05) is 6.54 Å². The highest BCUT2D eigenvalue weighted by Crippen LogP contribution is 2.40. The molecule has 1 aliphatic rings. The highest BCUT2D eigenvalue weighted by atomic mass is 15.1. The van der Waals surface area contributed by atoms with E-state index < -0.39 is 0 Å². The summed E-state index contributed by atoms with van der Waals surface area (Å²) >= 11 is 0. The van der Waals surface area contributed by atoms with Gasteiger partial charge in [0.1, 0.15) is 0 Å². The average Bonchev–Trinajstić information content (AvgIpc) is 2.81. The van der Waals surface area contributed by atoms with E-state index in [1.54, 1.807) is 0 Å². The zero-order valence-corrected chi connectivity index (χ0v) is 11.6. The number of aromatic nitrogens is 2. The van der Waals surface area contributed by atoms with E-state index in [2.05, 4.69) is 53.1 Å². The predicted octanol–water partition coefficient (Wildman–Crippen LogP) is 2.80. The van der Waals surface area contributed by atoms with E-state index in [1.165, 1.54) is 23.2 Å².